The number of thiazole rings is 1. The quantitative estimate of drug-likeness (QED) is 0.558. The lowest BCUT2D eigenvalue weighted by Crippen LogP contribution is -2.12. The molecule has 1 aromatic heterocycles. The number of aryl methyl sites for hydroxylation is 1. The molecule has 0 saturated heterocycles. The van der Waals surface area contributed by atoms with Crippen LogP contribution in [0.3, 0.4) is 0 Å². The summed E-state index contributed by atoms with van der Waals surface area (Å²) in [7, 11) is 0. The molecule has 0 saturated carbocycles. The number of carbonyl (C=O) groups excluding carboxylic acids is 1. The summed E-state index contributed by atoms with van der Waals surface area (Å²) in [6.45, 7) is 4.80. The van der Waals surface area contributed by atoms with E-state index in [1.54, 1.807) is 23.5 Å². The van der Waals surface area contributed by atoms with Crippen molar-refractivity contribution in [2.45, 2.75) is 26.7 Å². The van der Waals surface area contributed by atoms with Gasteiger partial charge in [-0.3, -0.25) is 4.79 Å². The fourth-order valence-corrected chi connectivity index (χ4v) is 3.15. The Morgan fingerprint density at radius 2 is 1.92 bits per heavy atom. The van der Waals surface area contributed by atoms with Crippen LogP contribution >= 0.6 is 11.3 Å². The zero-order chi connectivity index (χ0) is 18.4. The number of nitrogens with zero attached hydrogens (tertiary/aromatic N) is 1. The van der Waals surface area contributed by atoms with Gasteiger partial charge in [0.25, 0.3) is 5.91 Å². The van der Waals surface area contributed by atoms with E-state index in [1.165, 1.54) is 0 Å². The molecule has 1 heterocycles. The lowest BCUT2D eigenvalue weighted by Gasteiger charge is -2.10. The molecular formula is C21H22N2O2S. The van der Waals surface area contributed by atoms with Crippen molar-refractivity contribution >= 4 is 22.9 Å². The second kappa shape index (κ2) is 8.63. The number of amides is 1. The highest BCUT2D eigenvalue weighted by Crippen LogP contribution is 2.29. The van der Waals surface area contributed by atoms with Gasteiger partial charge in [0.2, 0.25) is 0 Å². The monoisotopic (exact) mass is 366 g/mol. The number of para-hydroxylation sites is 1. The molecule has 0 atom stereocenters. The smallest absolute Gasteiger partial charge is 0.255 e. The summed E-state index contributed by atoms with van der Waals surface area (Å²) in [4.78, 5) is 17.1. The molecule has 0 unspecified atom stereocenters. The van der Waals surface area contributed by atoms with Gasteiger partial charge in [-0.15, -0.1) is 11.3 Å². The lowest BCUT2D eigenvalue weighted by molar-refractivity contribution is 0.102. The van der Waals surface area contributed by atoms with Gasteiger partial charge in [0, 0.05) is 16.5 Å². The Balaban J connectivity index is 1.72. The summed E-state index contributed by atoms with van der Waals surface area (Å²) in [6, 6.07) is 14.9. The minimum absolute atomic E-state index is 0.149. The van der Waals surface area contributed by atoms with E-state index in [-0.39, 0.29) is 5.91 Å². The molecule has 26 heavy (non-hydrogen) atoms. The summed E-state index contributed by atoms with van der Waals surface area (Å²) < 4.78 is 5.64. The summed E-state index contributed by atoms with van der Waals surface area (Å²) in [5.74, 6) is 0.637. The average molecular weight is 366 g/mol. The maximum Gasteiger partial charge on any atom is 0.255 e. The molecule has 1 N–H and O–H groups in total. The number of ether oxygens (including phenoxy) is 1. The molecule has 1 amide bonds. The van der Waals surface area contributed by atoms with Gasteiger partial charge >= 0.3 is 0 Å². The van der Waals surface area contributed by atoms with Crippen molar-refractivity contribution < 1.29 is 9.53 Å². The summed E-state index contributed by atoms with van der Waals surface area (Å²) in [5.41, 5.74) is 3.15. The highest BCUT2D eigenvalue weighted by molar-refractivity contribution is 7.09. The number of hydrogen-bond acceptors (Lipinski definition) is 4. The van der Waals surface area contributed by atoms with E-state index in [0.29, 0.717) is 12.2 Å². The Morgan fingerprint density at radius 1 is 1.15 bits per heavy atom. The number of benzene rings is 2. The van der Waals surface area contributed by atoms with Crippen molar-refractivity contribution in [2.75, 3.05) is 11.9 Å². The molecule has 0 aliphatic heterocycles. The van der Waals surface area contributed by atoms with Gasteiger partial charge in [-0.25, -0.2) is 4.98 Å². The number of hydrogen-bond donors (Lipinski definition) is 1. The van der Waals surface area contributed by atoms with Gasteiger partial charge in [-0.2, -0.15) is 0 Å². The molecule has 0 radical (unpaired) electrons. The second-order valence-corrected chi connectivity index (χ2v) is 7.04. The van der Waals surface area contributed by atoms with Crippen LogP contribution in [0.25, 0.3) is 11.3 Å². The van der Waals surface area contributed by atoms with Gasteiger partial charge in [0.1, 0.15) is 5.75 Å². The zero-order valence-electron chi connectivity index (χ0n) is 15.0. The number of anilines is 1. The molecule has 134 valence electrons. The van der Waals surface area contributed by atoms with Gasteiger partial charge in [0.15, 0.2) is 0 Å². The molecule has 4 nitrogen and oxygen atoms in total. The third kappa shape index (κ3) is 4.49. The molecule has 0 aliphatic rings. The van der Waals surface area contributed by atoms with E-state index in [4.69, 9.17) is 4.74 Å². The minimum atomic E-state index is -0.149. The first-order chi connectivity index (χ1) is 12.7. The van der Waals surface area contributed by atoms with Crippen LogP contribution in [-0.2, 0) is 0 Å². The fraction of sp³-hybridized carbons (Fsp3) is 0.238. The first-order valence-electron chi connectivity index (χ1n) is 8.73. The Hall–Kier alpha value is -2.66. The first-order valence-corrected chi connectivity index (χ1v) is 9.61. The van der Waals surface area contributed by atoms with Crippen LogP contribution in [0.4, 0.5) is 5.69 Å². The molecule has 3 rings (SSSR count). The van der Waals surface area contributed by atoms with Crippen LogP contribution in [0, 0.1) is 6.92 Å². The van der Waals surface area contributed by atoms with Crippen LogP contribution in [0.1, 0.15) is 35.1 Å². The molecule has 0 spiro atoms. The maximum absolute atomic E-state index is 12.6. The molecular weight excluding hydrogens is 344 g/mol. The lowest BCUT2D eigenvalue weighted by atomic mass is 10.1. The summed E-state index contributed by atoms with van der Waals surface area (Å²) >= 11 is 1.60. The predicted octanol–water partition coefficient (Wildman–Crippen LogP) is 5.55. The minimum Gasteiger partial charge on any atom is -0.494 e. The van der Waals surface area contributed by atoms with Crippen LogP contribution in [0.5, 0.6) is 5.75 Å². The number of unbranched alkanes of at least 4 members (excludes halogenated alkanes) is 1. The number of aromatic nitrogens is 1. The Morgan fingerprint density at radius 3 is 2.62 bits per heavy atom. The topological polar surface area (TPSA) is 51.2 Å². The van der Waals surface area contributed by atoms with Crippen molar-refractivity contribution in [2.24, 2.45) is 0 Å². The Labute approximate surface area is 157 Å². The maximum atomic E-state index is 12.6. The SMILES string of the molecule is CCCCOc1ccc(C(=O)Nc2ccccc2-c2csc(C)n2)cc1. The van der Waals surface area contributed by atoms with Crippen molar-refractivity contribution in [1.82, 2.24) is 4.98 Å². The third-order valence-corrected chi connectivity index (χ3v) is 4.73. The predicted molar refractivity (Wildman–Crippen MR) is 107 cm³/mol. The fourth-order valence-electron chi connectivity index (χ4n) is 2.53. The molecule has 5 heteroatoms. The van der Waals surface area contributed by atoms with Gasteiger partial charge in [-0.1, -0.05) is 31.5 Å². The van der Waals surface area contributed by atoms with Gasteiger partial charge in [-0.05, 0) is 43.7 Å². The average Bonchev–Trinajstić information content (AvgIpc) is 3.09. The number of nitrogens with one attached hydrogen (secondary N) is 1. The molecule has 3 aromatic rings. The standard InChI is InChI=1S/C21H22N2O2S/c1-3-4-13-25-17-11-9-16(10-12-17)21(24)23-19-8-6-5-7-18(19)20-14-26-15(2)22-20/h5-12,14H,3-4,13H2,1-2H3,(H,23,24). The Kier molecular flexibility index (Phi) is 6.02. The summed E-state index contributed by atoms with van der Waals surface area (Å²) in [6.07, 6.45) is 2.12. The highest BCUT2D eigenvalue weighted by atomic mass is 32.1. The van der Waals surface area contributed by atoms with Crippen molar-refractivity contribution in [3.8, 4) is 17.0 Å². The molecule has 0 aliphatic carbocycles. The second-order valence-electron chi connectivity index (χ2n) is 5.98. The molecule has 2 aromatic carbocycles. The number of rotatable bonds is 7. The van der Waals surface area contributed by atoms with Gasteiger partial charge < -0.3 is 10.1 Å². The van der Waals surface area contributed by atoms with Crippen LogP contribution in [-0.4, -0.2) is 17.5 Å². The van der Waals surface area contributed by atoms with Crippen LogP contribution in [0.2, 0.25) is 0 Å². The number of carbonyl (C=O) groups is 1. The van der Waals surface area contributed by atoms with E-state index in [9.17, 15) is 4.79 Å². The highest BCUT2D eigenvalue weighted by Gasteiger charge is 2.12. The summed E-state index contributed by atoms with van der Waals surface area (Å²) in [5, 5.41) is 5.99. The van der Waals surface area contributed by atoms with E-state index in [2.05, 4.69) is 17.2 Å². The molecule has 0 bridgehead atoms. The van der Waals surface area contributed by atoms with Crippen molar-refractivity contribution in [3.63, 3.8) is 0 Å². The van der Waals surface area contributed by atoms with Crippen LogP contribution < -0.4 is 10.1 Å². The zero-order valence-corrected chi connectivity index (χ0v) is 15.8. The van der Waals surface area contributed by atoms with Crippen molar-refractivity contribution in [1.29, 1.82) is 0 Å². The third-order valence-electron chi connectivity index (χ3n) is 3.95. The van der Waals surface area contributed by atoms with E-state index < -0.39 is 0 Å². The molecule has 0 fully saturated rings. The normalized spacial score (nSPS) is 10.5. The van der Waals surface area contributed by atoms with Crippen LogP contribution in [0.15, 0.2) is 53.9 Å². The largest absolute Gasteiger partial charge is 0.494 e. The van der Waals surface area contributed by atoms with E-state index >= 15 is 0 Å². The van der Waals surface area contributed by atoms with Gasteiger partial charge in [0.05, 0.1) is 23.0 Å². The first kappa shape index (κ1) is 18.1. The Bertz CT molecular complexity index is 872. The van der Waals surface area contributed by atoms with Crippen molar-refractivity contribution in [3.05, 3.63) is 64.5 Å². The van der Waals surface area contributed by atoms with E-state index in [1.807, 2.05) is 48.7 Å². The van der Waals surface area contributed by atoms with E-state index in [0.717, 1.165) is 40.5 Å².